The normalized spacial score (nSPS) is 25.6. The first-order valence-corrected chi connectivity index (χ1v) is 7.37. The molecule has 1 fully saturated rings. The van der Waals surface area contributed by atoms with Crippen LogP contribution in [0, 0.1) is 0 Å². The molecule has 1 saturated heterocycles. The van der Waals surface area contributed by atoms with E-state index in [4.69, 9.17) is 5.73 Å². The molecule has 1 atom stereocenters. The molecule has 5 heteroatoms. The molecule has 0 aromatic rings. The van der Waals surface area contributed by atoms with E-state index >= 15 is 0 Å². The number of dihydropyridines is 1. The topological polar surface area (TPSA) is 70.4 Å². The van der Waals surface area contributed by atoms with Crippen LogP contribution in [-0.4, -0.2) is 35.5 Å². The van der Waals surface area contributed by atoms with Gasteiger partial charge in [0.15, 0.2) is 0 Å². The molecule has 0 aromatic carbocycles. The van der Waals surface area contributed by atoms with Gasteiger partial charge in [-0.25, -0.2) is 0 Å². The van der Waals surface area contributed by atoms with Gasteiger partial charge in [-0.15, -0.1) is 0 Å². The zero-order valence-electron chi connectivity index (χ0n) is 12.7. The molecule has 0 saturated carbocycles. The Morgan fingerprint density at radius 1 is 1.60 bits per heavy atom. The number of hydrogen-bond acceptors (Lipinski definition) is 4. The van der Waals surface area contributed by atoms with Gasteiger partial charge in [0.1, 0.15) is 0 Å². The van der Waals surface area contributed by atoms with Crippen LogP contribution >= 0.6 is 0 Å². The molecule has 20 heavy (non-hydrogen) atoms. The fourth-order valence-corrected chi connectivity index (χ4v) is 2.77. The van der Waals surface area contributed by atoms with E-state index in [2.05, 4.69) is 29.4 Å². The van der Waals surface area contributed by atoms with Crippen LogP contribution in [0.1, 0.15) is 40.0 Å². The lowest BCUT2D eigenvalue weighted by Crippen LogP contribution is -2.40. The maximum absolute atomic E-state index is 12.0. The summed E-state index contributed by atoms with van der Waals surface area (Å²) in [6.45, 7) is 8.38. The number of carbonyl (C=O) groups is 1. The predicted molar refractivity (Wildman–Crippen MR) is 80.6 cm³/mol. The average molecular weight is 278 g/mol. The number of nitrogens with one attached hydrogen (secondary N) is 2. The molecule has 1 amide bonds. The standard InChI is InChI=1S/C15H26N4O/c1-11-13(16)9-12(10-17-11)18-14(20)5-8-19-7-4-6-15(19,2)3/h9-11,17H,4-8,16H2,1-3H3,(H,18,20). The third-order valence-electron chi connectivity index (χ3n) is 4.28. The number of rotatable bonds is 4. The van der Waals surface area contributed by atoms with Crippen LogP contribution in [0.25, 0.3) is 0 Å². The van der Waals surface area contributed by atoms with Crippen LogP contribution < -0.4 is 16.4 Å². The number of allylic oxidation sites excluding steroid dienone is 1. The van der Waals surface area contributed by atoms with Gasteiger partial charge in [-0.1, -0.05) is 0 Å². The lowest BCUT2D eigenvalue weighted by Gasteiger charge is -2.31. The lowest BCUT2D eigenvalue weighted by molar-refractivity contribution is -0.120. The maximum atomic E-state index is 12.0. The fraction of sp³-hybridized carbons (Fsp3) is 0.667. The minimum Gasteiger partial charge on any atom is -0.400 e. The highest BCUT2D eigenvalue weighted by Crippen LogP contribution is 2.27. The van der Waals surface area contributed by atoms with E-state index in [9.17, 15) is 4.79 Å². The van der Waals surface area contributed by atoms with Crippen LogP contribution in [0.4, 0.5) is 0 Å². The Kier molecular flexibility index (Phi) is 4.38. The summed E-state index contributed by atoms with van der Waals surface area (Å²) in [6.07, 6.45) is 6.57. The molecule has 2 aliphatic heterocycles. The van der Waals surface area contributed by atoms with E-state index in [1.807, 2.05) is 13.0 Å². The number of hydrogen-bond donors (Lipinski definition) is 3. The number of carbonyl (C=O) groups excluding carboxylic acids is 1. The highest BCUT2D eigenvalue weighted by Gasteiger charge is 2.31. The molecule has 2 aliphatic rings. The van der Waals surface area contributed by atoms with Crippen molar-refractivity contribution >= 4 is 5.91 Å². The third-order valence-corrected chi connectivity index (χ3v) is 4.28. The summed E-state index contributed by atoms with van der Waals surface area (Å²) >= 11 is 0. The van der Waals surface area contributed by atoms with Gasteiger partial charge in [-0.2, -0.15) is 0 Å². The summed E-state index contributed by atoms with van der Waals surface area (Å²) in [6, 6.07) is 0.126. The van der Waals surface area contributed by atoms with Crippen molar-refractivity contribution in [2.45, 2.75) is 51.6 Å². The van der Waals surface area contributed by atoms with E-state index in [0.29, 0.717) is 6.42 Å². The molecule has 0 aliphatic carbocycles. The van der Waals surface area contributed by atoms with Crippen molar-refractivity contribution in [2.24, 2.45) is 5.73 Å². The van der Waals surface area contributed by atoms with Crippen LogP contribution in [0.15, 0.2) is 23.7 Å². The first kappa shape index (κ1) is 14.9. The molecule has 0 aromatic heterocycles. The fourth-order valence-electron chi connectivity index (χ4n) is 2.77. The summed E-state index contributed by atoms with van der Waals surface area (Å²) in [5, 5.41) is 6.01. The van der Waals surface area contributed by atoms with Crippen molar-refractivity contribution < 1.29 is 4.79 Å². The van der Waals surface area contributed by atoms with Crippen LogP contribution in [0.2, 0.25) is 0 Å². The summed E-state index contributed by atoms with van der Waals surface area (Å²) in [5.74, 6) is 0.0411. The Hall–Kier alpha value is -1.49. The monoisotopic (exact) mass is 278 g/mol. The first-order chi connectivity index (χ1) is 9.38. The maximum Gasteiger partial charge on any atom is 0.225 e. The van der Waals surface area contributed by atoms with Gasteiger partial charge in [0.2, 0.25) is 5.91 Å². The summed E-state index contributed by atoms with van der Waals surface area (Å²) in [4.78, 5) is 14.4. The van der Waals surface area contributed by atoms with Crippen LogP contribution in [0.5, 0.6) is 0 Å². The minimum absolute atomic E-state index is 0.0411. The molecular formula is C15H26N4O. The average Bonchev–Trinajstić information content (AvgIpc) is 2.70. The minimum atomic E-state index is 0.0411. The van der Waals surface area contributed by atoms with Gasteiger partial charge in [-0.05, 0) is 46.2 Å². The van der Waals surface area contributed by atoms with E-state index in [1.54, 1.807) is 6.20 Å². The van der Waals surface area contributed by atoms with E-state index in [1.165, 1.54) is 12.8 Å². The number of likely N-dealkylation sites (tertiary alicyclic amines) is 1. The van der Waals surface area contributed by atoms with Crippen molar-refractivity contribution in [3.8, 4) is 0 Å². The molecule has 0 bridgehead atoms. The number of nitrogens with two attached hydrogens (primary N) is 1. The second-order valence-corrected chi connectivity index (χ2v) is 6.33. The van der Waals surface area contributed by atoms with Crippen molar-refractivity contribution in [3.05, 3.63) is 23.7 Å². The van der Waals surface area contributed by atoms with Crippen molar-refractivity contribution in [2.75, 3.05) is 13.1 Å². The molecular weight excluding hydrogens is 252 g/mol. The second-order valence-electron chi connectivity index (χ2n) is 6.33. The molecule has 4 N–H and O–H groups in total. The summed E-state index contributed by atoms with van der Waals surface area (Å²) < 4.78 is 0. The highest BCUT2D eigenvalue weighted by molar-refractivity contribution is 5.78. The predicted octanol–water partition coefficient (Wildman–Crippen LogP) is 1.04. The zero-order chi connectivity index (χ0) is 14.8. The molecule has 2 heterocycles. The third kappa shape index (κ3) is 3.54. The van der Waals surface area contributed by atoms with E-state index < -0.39 is 0 Å². The van der Waals surface area contributed by atoms with E-state index in [-0.39, 0.29) is 17.5 Å². The zero-order valence-corrected chi connectivity index (χ0v) is 12.7. The van der Waals surface area contributed by atoms with Crippen molar-refractivity contribution in [1.82, 2.24) is 15.5 Å². The van der Waals surface area contributed by atoms with Crippen LogP contribution in [-0.2, 0) is 4.79 Å². The molecule has 2 rings (SSSR count). The Morgan fingerprint density at radius 3 is 2.95 bits per heavy atom. The number of nitrogens with zero attached hydrogens (tertiary/aromatic N) is 1. The highest BCUT2D eigenvalue weighted by atomic mass is 16.1. The Morgan fingerprint density at radius 2 is 2.35 bits per heavy atom. The molecule has 5 nitrogen and oxygen atoms in total. The molecule has 0 spiro atoms. The van der Waals surface area contributed by atoms with Gasteiger partial charge in [0.25, 0.3) is 0 Å². The molecule has 0 radical (unpaired) electrons. The smallest absolute Gasteiger partial charge is 0.225 e. The van der Waals surface area contributed by atoms with Crippen molar-refractivity contribution in [3.63, 3.8) is 0 Å². The van der Waals surface area contributed by atoms with Gasteiger partial charge in [-0.3, -0.25) is 9.69 Å². The number of amides is 1. The Bertz CT molecular complexity index is 439. The molecule has 1 unspecified atom stereocenters. The Labute approximate surface area is 121 Å². The lowest BCUT2D eigenvalue weighted by atomic mass is 10.0. The summed E-state index contributed by atoms with van der Waals surface area (Å²) in [5.41, 5.74) is 7.56. The SMILES string of the molecule is CC1NC=C(NC(=O)CCN2CCCC2(C)C)C=C1N. The first-order valence-electron chi connectivity index (χ1n) is 7.37. The molecule has 112 valence electrons. The van der Waals surface area contributed by atoms with Crippen LogP contribution in [0.3, 0.4) is 0 Å². The van der Waals surface area contributed by atoms with E-state index in [0.717, 1.165) is 24.5 Å². The van der Waals surface area contributed by atoms with Crippen molar-refractivity contribution in [1.29, 1.82) is 0 Å². The van der Waals surface area contributed by atoms with Gasteiger partial charge >= 0.3 is 0 Å². The Balaban J connectivity index is 1.79. The second kappa shape index (κ2) is 5.87. The van der Waals surface area contributed by atoms with Gasteiger partial charge in [0.05, 0.1) is 11.7 Å². The van der Waals surface area contributed by atoms with Gasteiger partial charge < -0.3 is 16.4 Å². The summed E-state index contributed by atoms with van der Waals surface area (Å²) in [7, 11) is 0. The van der Waals surface area contributed by atoms with Gasteiger partial charge in [0, 0.05) is 30.4 Å². The largest absolute Gasteiger partial charge is 0.400 e. The quantitative estimate of drug-likeness (QED) is 0.719.